The second-order valence-electron chi connectivity index (χ2n) is 5.21. The van der Waals surface area contributed by atoms with Gasteiger partial charge < -0.3 is 5.73 Å². The average molecular weight is 207 g/mol. The normalized spacial score (nSPS) is 33.5. The molecular formula is C13H18FN. The van der Waals surface area contributed by atoms with E-state index in [9.17, 15) is 4.39 Å². The fourth-order valence-electron chi connectivity index (χ4n) is 3.06. The van der Waals surface area contributed by atoms with Crippen molar-refractivity contribution in [1.29, 1.82) is 0 Å². The lowest BCUT2D eigenvalue weighted by Gasteiger charge is -2.56. The van der Waals surface area contributed by atoms with Crippen molar-refractivity contribution in [2.75, 3.05) is 0 Å². The van der Waals surface area contributed by atoms with E-state index in [1.54, 1.807) is 6.07 Å². The van der Waals surface area contributed by atoms with Crippen molar-refractivity contribution >= 4 is 0 Å². The highest BCUT2D eigenvalue weighted by molar-refractivity contribution is 5.30. The van der Waals surface area contributed by atoms with Gasteiger partial charge in [0.15, 0.2) is 0 Å². The summed E-state index contributed by atoms with van der Waals surface area (Å²) in [4.78, 5) is 0. The Morgan fingerprint density at radius 1 is 1.27 bits per heavy atom. The second kappa shape index (κ2) is 3.31. The van der Waals surface area contributed by atoms with Crippen LogP contribution >= 0.6 is 0 Å². The average Bonchev–Trinajstić information content (AvgIpc) is 2.20. The van der Waals surface area contributed by atoms with Crippen molar-refractivity contribution in [1.82, 2.24) is 0 Å². The largest absolute Gasteiger partial charge is 0.327 e. The molecular weight excluding hydrogens is 189 g/mol. The second-order valence-corrected chi connectivity index (χ2v) is 5.21. The maximum Gasteiger partial charge on any atom is 0.126 e. The fourth-order valence-corrected chi connectivity index (χ4v) is 3.06. The Balaban J connectivity index is 2.37. The molecule has 0 spiro atoms. The molecule has 82 valence electrons. The number of rotatable bonds is 1. The van der Waals surface area contributed by atoms with E-state index >= 15 is 0 Å². The summed E-state index contributed by atoms with van der Waals surface area (Å²) in [7, 11) is 0. The maximum absolute atomic E-state index is 13.7. The lowest BCUT2D eigenvalue weighted by Crippen LogP contribution is -2.59. The van der Waals surface area contributed by atoms with E-state index in [0.29, 0.717) is 5.92 Å². The van der Waals surface area contributed by atoms with Gasteiger partial charge in [-0.05, 0) is 28.9 Å². The SMILES string of the molecule is CC1C(N)C(C)(C)C1c1ccccc1F. The Morgan fingerprint density at radius 2 is 1.87 bits per heavy atom. The van der Waals surface area contributed by atoms with Crippen molar-refractivity contribution < 1.29 is 4.39 Å². The van der Waals surface area contributed by atoms with Gasteiger partial charge in [-0.3, -0.25) is 0 Å². The van der Waals surface area contributed by atoms with Crippen LogP contribution in [-0.2, 0) is 0 Å². The number of halogens is 1. The van der Waals surface area contributed by atoms with Crippen molar-refractivity contribution in [2.45, 2.75) is 32.7 Å². The quantitative estimate of drug-likeness (QED) is 0.753. The minimum absolute atomic E-state index is 0.00160. The van der Waals surface area contributed by atoms with Crippen molar-refractivity contribution in [3.05, 3.63) is 35.6 Å². The summed E-state index contributed by atoms with van der Waals surface area (Å²) in [6.07, 6.45) is 0. The van der Waals surface area contributed by atoms with Crippen LogP contribution in [0.25, 0.3) is 0 Å². The highest BCUT2D eigenvalue weighted by Crippen LogP contribution is 2.55. The maximum atomic E-state index is 13.7. The van der Waals surface area contributed by atoms with Crippen LogP contribution in [0.15, 0.2) is 24.3 Å². The molecule has 15 heavy (non-hydrogen) atoms. The molecule has 2 heteroatoms. The Morgan fingerprint density at radius 3 is 2.40 bits per heavy atom. The molecule has 0 radical (unpaired) electrons. The summed E-state index contributed by atoms with van der Waals surface area (Å²) >= 11 is 0. The van der Waals surface area contributed by atoms with E-state index in [0.717, 1.165) is 5.56 Å². The van der Waals surface area contributed by atoms with Gasteiger partial charge in [0.25, 0.3) is 0 Å². The first-order chi connectivity index (χ1) is 6.96. The number of hydrogen-bond donors (Lipinski definition) is 1. The molecule has 1 fully saturated rings. The molecule has 0 saturated heterocycles. The molecule has 3 unspecified atom stereocenters. The van der Waals surface area contributed by atoms with E-state index in [1.807, 2.05) is 12.1 Å². The molecule has 0 aromatic heterocycles. The number of benzene rings is 1. The molecule has 0 heterocycles. The zero-order chi connectivity index (χ0) is 11.2. The van der Waals surface area contributed by atoms with Crippen LogP contribution in [0.3, 0.4) is 0 Å². The Bertz CT molecular complexity index is 373. The highest BCUT2D eigenvalue weighted by atomic mass is 19.1. The van der Waals surface area contributed by atoms with Crippen LogP contribution < -0.4 is 5.73 Å². The molecule has 1 saturated carbocycles. The van der Waals surface area contributed by atoms with Gasteiger partial charge in [0, 0.05) is 6.04 Å². The molecule has 0 aliphatic heterocycles. The van der Waals surface area contributed by atoms with Gasteiger partial charge in [-0.25, -0.2) is 4.39 Å². The lowest BCUT2D eigenvalue weighted by molar-refractivity contribution is 0.0234. The summed E-state index contributed by atoms with van der Waals surface area (Å²) in [5.74, 6) is 0.500. The summed E-state index contributed by atoms with van der Waals surface area (Å²) in [5.41, 5.74) is 6.87. The zero-order valence-electron chi connectivity index (χ0n) is 9.50. The zero-order valence-corrected chi connectivity index (χ0v) is 9.50. The highest BCUT2D eigenvalue weighted by Gasteiger charge is 2.53. The molecule has 2 N–H and O–H groups in total. The smallest absolute Gasteiger partial charge is 0.126 e. The minimum Gasteiger partial charge on any atom is -0.327 e. The van der Waals surface area contributed by atoms with Crippen molar-refractivity contribution in [3.8, 4) is 0 Å². The Hall–Kier alpha value is -0.890. The monoisotopic (exact) mass is 207 g/mol. The van der Waals surface area contributed by atoms with Crippen LogP contribution in [0, 0.1) is 17.2 Å². The van der Waals surface area contributed by atoms with Crippen molar-refractivity contribution in [3.63, 3.8) is 0 Å². The van der Waals surface area contributed by atoms with E-state index in [1.165, 1.54) is 6.07 Å². The standard InChI is InChI=1S/C13H18FN/c1-8-11(13(2,3)12(8)15)9-6-4-5-7-10(9)14/h4-8,11-12H,15H2,1-3H3. The molecule has 1 nitrogen and oxygen atoms in total. The summed E-state index contributed by atoms with van der Waals surface area (Å²) in [6.45, 7) is 6.34. The third-order valence-corrected chi connectivity index (χ3v) is 3.99. The van der Waals surface area contributed by atoms with E-state index in [2.05, 4.69) is 20.8 Å². The first-order valence-electron chi connectivity index (χ1n) is 5.46. The van der Waals surface area contributed by atoms with E-state index in [4.69, 9.17) is 5.73 Å². The minimum atomic E-state index is -0.102. The molecule has 3 atom stereocenters. The Kier molecular flexibility index (Phi) is 2.34. The van der Waals surface area contributed by atoms with Gasteiger partial charge in [0.2, 0.25) is 0 Å². The first kappa shape index (κ1) is 10.6. The van der Waals surface area contributed by atoms with Crippen LogP contribution in [0.4, 0.5) is 4.39 Å². The molecule has 0 amide bonds. The molecule has 1 aromatic rings. The van der Waals surface area contributed by atoms with Crippen LogP contribution in [0.2, 0.25) is 0 Å². The molecule has 1 aliphatic carbocycles. The molecule has 0 bridgehead atoms. The van der Waals surface area contributed by atoms with Crippen LogP contribution in [0.1, 0.15) is 32.3 Å². The third-order valence-electron chi connectivity index (χ3n) is 3.99. The summed E-state index contributed by atoms with van der Waals surface area (Å²) in [6, 6.07) is 7.20. The Labute approximate surface area is 90.5 Å². The molecule has 2 rings (SSSR count). The fraction of sp³-hybridized carbons (Fsp3) is 0.538. The predicted molar refractivity (Wildman–Crippen MR) is 60.1 cm³/mol. The first-order valence-corrected chi connectivity index (χ1v) is 5.46. The summed E-state index contributed by atoms with van der Waals surface area (Å²) < 4.78 is 13.7. The summed E-state index contributed by atoms with van der Waals surface area (Å²) in [5, 5.41) is 0. The lowest BCUT2D eigenvalue weighted by atomic mass is 9.51. The number of nitrogens with two attached hydrogens (primary N) is 1. The topological polar surface area (TPSA) is 26.0 Å². The van der Waals surface area contributed by atoms with Gasteiger partial charge in [-0.15, -0.1) is 0 Å². The van der Waals surface area contributed by atoms with Gasteiger partial charge >= 0.3 is 0 Å². The van der Waals surface area contributed by atoms with Crippen LogP contribution in [0.5, 0.6) is 0 Å². The molecule has 1 aliphatic rings. The van der Waals surface area contributed by atoms with Crippen molar-refractivity contribution in [2.24, 2.45) is 17.1 Å². The van der Waals surface area contributed by atoms with E-state index < -0.39 is 0 Å². The van der Waals surface area contributed by atoms with Gasteiger partial charge in [-0.1, -0.05) is 39.0 Å². The molecule has 1 aromatic carbocycles. The third kappa shape index (κ3) is 1.39. The predicted octanol–water partition coefficient (Wildman–Crippen LogP) is 2.91. The van der Waals surface area contributed by atoms with Gasteiger partial charge in [0.1, 0.15) is 5.82 Å². The van der Waals surface area contributed by atoms with E-state index in [-0.39, 0.29) is 23.2 Å². The van der Waals surface area contributed by atoms with Gasteiger partial charge in [0.05, 0.1) is 0 Å². The van der Waals surface area contributed by atoms with Gasteiger partial charge in [-0.2, -0.15) is 0 Å². The number of hydrogen-bond acceptors (Lipinski definition) is 1. The van der Waals surface area contributed by atoms with Crippen LogP contribution in [-0.4, -0.2) is 6.04 Å².